The number of rotatable bonds is 1. The normalized spacial score (nSPS) is 14.3. The summed E-state index contributed by atoms with van der Waals surface area (Å²) in [5, 5.41) is 0. The number of methoxy groups -OCH3 is 1. The third-order valence-electron chi connectivity index (χ3n) is 2.56. The van der Waals surface area contributed by atoms with Crippen molar-refractivity contribution >= 4 is 28.7 Å². The lowest BCUT2D eigenvalue weighted by Crippen LogP contribution is -2.33. The number of carbonyl (C=O) groups excluding carboxylic acids is 1. The lowest BCUT2D eigenvalue weighted by atomic mass is 10.2. The van der Waals surface area contributed by atoms with E-state index in [0.717, 1.165) is 11.3 Å². The van der Waals surface area contributed by atoms with E-state index in [0.29, 0.717) is 22.8 Å². The Morgan fingerprint density at radius 3 is 2.58 bits per heavy atom. The van der Waals surface area contributed by atoms with E-state index in [1.54, 1.807) is 12.0 Å². The Kier molecular flexibility index (Phi) is 3.84. The van der Waals surface area contributed by atoms with Crippen molar-refractivity contribution in [3.63, 3.8) is 0 Å². The highest BCUT2D eigenvalue weighted by molar-refractivity contribution is 14.1. The van der Waals surface area contributed by atoms with Crippen molar-refractivity contribution in [1.82, 2.24) is 14.9 Å². The zero-order chi connectivity index (χ0) is 14.2. The van der Waals surface area contributed by atoms with E-state index in [2.05, 4.69) is 9.97 Å². The Labute approximate surface area is 125 Å². The summed E-state index contributed by atoms with van der Waals surface area (Å²) in [6.07, 6.45) is -0.345. The third-order valence-corrected chi connectivity index (χ3v) is 3.04. The number of ether oxygens (including phenoxy) is 2. The van der Waals surface area contributed by atoms with Crippen molar-refractivity contribution in [1.29, 1.82) is 0 Å². The predicted molar refractivity (Wildman–Crippen MR) is 76.8 cm³/mol. The Bertz CT molecular complexity index is 514. The molecule has 1 aliphatic heterocycles. The maximum absolute atomic E-state index is 12.0. The second-order valence-corrected chi connectivity index (χ2v) is 6.23. The number of hydrogen-bond acceptors (Lipinski definition) is 5. The van der Waals surface area contributed by atoms with E-state index < -0.39 is 5.60 Å². The van der Waals surface area contributed by atoms with Crippen LogP contribution in [0.15, 0.2) is 0 Å². The first-order chi connectivity index (χ1) is 8.80. The minimum absolute atomic E-state index is 0.345. The SMILES string of the molecule is COc1nc(I)nc2c1CN(C(=O)OC(C)(C)C)C2. The minimum Gasteiger partial charge on any atom is -0.481 e. The number of nitrogens with zero attached hydrogens (tertiary/aromatic N) is 3. The van der Waals surface area contributed by atoms with Crippen LogP contribution in [0.3, 0.4) is 0 Å². The van der Waals surface area contributed by atoms with Gasteiger partial charge in [-0.15, -0.1) is 0 Å². The van der Waals surface area contributed by atoms with Crippen molar-refractivity contribution in [2.45, 2.75) is 39.5 Å². The van der Waals surface area contributed by atoms with E-state index in [9.17, 15) is 4.79 Å². The topological polar surface area (TPSA) is 64.6 Å². The molecular weight excluding hydrogens is 361 g/mol. The average molecular weight is 377 g/mol. The van der Waals surface area contributed by atoms with Crippen LogP contribution in [0.4, 0.5) is 4.79 Å². The molecule has 0 radical (unpaired) electrons. The molecule has 0 spiro atoms. The van der Waals surface area contributed by atoms with Crippen LogP contribution in [-0.4, -0.2) is 33.7 Å². The van der Waals surface area contributed by atoms with E-state index in [1.807, 2.05) is 43.4 Å². The van der Waals surface area contributed by atoms with Gasteiger partial charge in [0.05, 0.1) is 31.5 Å². The fourth-order valence-corrected chi connectivity index (χ4v) is 2.33. The van der Waals surface area contributed by atoms with Crippen LogP contribution in [0.5, 0.6) is 5.88 Å². The number of hydrogen-bond donors (Lipinski definition) is 0. The van der Waals surface area contributed by atoms with Crippen LogP contribution >= 0.6 is 22.6 Å². The Morgan fingerprint density at radius 2 is 2.00 bits per heavy atom. The molecule has 0 N–H and O–H groups in total. The van der Waals surface area contributed by atoms with Gasteiger partial charge in [0, 0.05) is 22.6 Å². The average Bonchev–Trinajstić information content (AvgIpc) is 2.69. The van der Waals surface area contributed by atoms with Crippen molar-refractivity contribution in [2.24, 2.45) is 0 Å². The highest BCUT2D eigenvalue weighted by Crippen LogP contribution is 2.29. The Hall–Kier alpha value is -1.12. The number of fused-ring (bicyclic) bond motifs is 1. The van der Waals surface area contributed by atoms with Crippen LogP contribution in [0.25, 0.3) is 0 Å². The van der Waals surface area contributed by atoms with Crippen LogP contribution in [0, 0.1) is 3.83 Å². The van der Waals surface area contributed by atoms with Gasteiger partial charge in [0.25, 0.3) is 0 Å². The first kappa shape index (κ1) is 14.3. The van der Waals surface area contributed by atoms with Gasteiger partial charge in [-0.2, -0.15) is 4.98 Å². The first-order valence-corrected chi connectivity index (χ1v) is 6.95. The van der Waals surface area contributed by atoms with Gasteiger partial charge in [-0.05, 0) is 20.8 Å². The highest BCUT2D eigenvalue weighted by Gasteiger charge is 2.31. The molecule has 7 heteroatoms. The maximum atomic E-state index is 12.0. The molecular formula is C12H16IN3O3. The van der Waals surface area contributed by atoms with Crippen LogP contribution in [0.1, 0.15) is 32.0 Å². The summed E-state index contributed by atoms with van der Waals surface area (Å²) in [7, 11) is 1.56. The summed E-state index contributed by atoms with van der Waals surface area (Å²) in [6, 6.07) is 0. The maximum Gasteiger partial charge on any atom is 0.410 e. The lowest BCUT2D eigenvalue weighted by Gasteiger charge is -2.23. The monoisotopic (exact) mass is 377 g/mol. The molecule has 1 aromatic rings. The minimum atomic E-state index is -0.504. The molecule has 19 heavy (non-hydrogen) atoms. The predicted octanol–water partition coefficient (Wildman–Crippen LogP) is 2.34. The number of halogens is 1. The molecule has 1 amide bonds. The zero-order valence-corrected chi connectivity index (χ0v) is 13.5. The van der Waals surface area contributed by atoms with Gasteiger partial charge < -0.3 is 9.47 Å². The molecule has 6 nitrogen and oxygen atoms in total. The van der Waals surface area contributed by atoms with Gasteiger partial charge in [0.2, 0.25) is 5.88 Å². The number of amides is 1. The van der Waals surface area contributed by atoms with Crippen LogP contribution in [0.2, 0.25) is 0 Å². The van der Waals surface area contributed by atoms with Crippen molar-refractivity contribution in [2.75, 3.05) is 7.11 Å². The Morgan fingerprint density at radius 1 is 1.32 bits per heavy atom. The molecule has 1 aromatic heterocycles. The second-order valence-electron chi connectivity index (χ2n) is 5.26. The van der Waals surface area contributed by atoms with Gasteiger partial charge in [0.15, 0.2) is 3.83 Å². The molecule has 0 saturated carbocycles. The molecule has 2 heterocycles. The molecule has 0 saturated heterocycles. The zero-order valence-electron chi connectivity index (χ0n) is 11.4. The quantitative estimate of drug-likeness (QED) is 0.555. The molecule has 1 aliphatic rings. The molecule has 0 aromatic carbocycles. The first-order valence-electron chi connectivity index (χ1n) is 5.87. The highest BCUT2D eigenvalue weighted by atomic mass is 127. The summed E-state index contributed by atoms with van der Waals surface area (Å²) >= 11 is 2.03. The molecule has 0 unspecified atom stereocenters. The summed E-state index contributed by atoms with van der Waals surface area (Å²) in [6.45, 7) is 6.38. The van der Waals surface area contributed by atoms with Gasteiger partial charge in [0.1, 0.15) is 5.60 Å². The van der Waals surface area contributed by atoms with E-state index in [1.165, 1.54) is 0 Å². The molecule has 0 atom stereocenters. The smallest absolute Gasteiger partial charge is 0.410 e. The summed E-state index contributed by atoms with van der Waals surface area (Å²) in [5.41, 5.74) is 1.17. The standard InChI is InChI=1S/C12H16IN3O3/c1-12(2,3)19-11(17)16-5-7-8(6-16)14-10(13)15-9(7)18-4/h5-6H2,1-4H3. The number of carbonyl (C=O) groups is 1. The number of aromatic nitrogens is 2. The Balaban J connectivity index is 2.18. The molecule has 104 valence electrons. The molecule has 2 rings (SSSR count). The summed E-state index contributed by atoms with van der Waals surface area (Å²) in [5.74, 6) is 0.528. The van der Waals surface area contributed by atoms with E-state index in [4.69, 9.17) is 9.47 Å². The van der Waals surface area contributed by atoms with Crippen molar-refractivity contribution in [3.05, 3.63) is 15.1 Å². The lowest BCUT2D eigenvalue weighted by molar-refractivity contribution is 0.0240. The van der Waals surface area contributed by atoms with Crippen LogP contribution in [-0.2, 0) is 17.8 Å². The van der Waals surface area contributed by atoms with Gasteiger partial charge in [-0.25, -0.2) is 9.78 Å². The van der Waals surface area contributed by atoms with E-state index in [-0.39, 0.29) is 6.09 Å². The van der Waals surface area contributed by atoms with Crippen molar-refractivity contribution in [3.8, 4) is 5.88 Å². The van der Waals surface area contributed by atoms with E-state index >= 15 is 0 Å². The second kappa shape index (κ2) is 5.10. The van der Waals surface area contributed by atoms with Gasteiger partial charge >= 0.3 is 6.09 Å². The molecule has 0 aliphatic carbocycles. The fourth-order valence-electron chi connectivity index (χ4n) is 1.82. The van der Waals surface area contributed by atoms with Crippen LogP contribution < -0.4 is 4.74 Å². The largest absolute Gasteiger partial charge is 0.481 e. The molecule has 0 bridgehead atoms. The van der Waals surface area contributed by atoms with Gasteiger partial charge in [-0.1, -0.05) is 0 Å². The summed E-state index contributed by atoms with van der Waals surface area (Å²) < 4.78 is 11.2. The summed E-state index contributed by atoms with van der Waals surface area (Å²) in [4.78, 5) is 22.2. The van der Waals surface area contributed by atoms with Gasteiger partial charge in [-0.3, -0.25) is 4.90 Å². The molecule has 0 fully saturated rings. The fraction of sp³-hybridized carbons (Fsp3) is 0.583. The third kappa shape index (κ3) is 3.26. The van der Waals surface area contributed by atoms with Crippen molar-refractivity contribution < 1.29 is 14.3 Å².